The largest absolute Gasteiger partial charge is 0.368 e. The van der Waals surface area contributed by atoms with Gasteiger partial charge in [-0.2, -0.15) is 0 Å². The molecular formula is C13H22N4O3. The number of fused-ring (bicyclic) bond motifs is 1. The standard InChI is InChI=1S/C13H22N4O3/c1-7(14)12(19)16-9-4-2-3-8-5-6-10(11(15)18)17(8)13(9)20/h7-10H,2-6,14H2,1H3,(H2,15,18)(H,16,19)/t7?,8-,9-,10?/m0/s1. The van der Waals surface area contributed by atoms with Crippen molar-refractivity contribution in [2.45, 2.75) is 63.2 Å². The Morgan fingerprint density at radius 2 is 2.00 bits per heavy atom. The van der Waals surface area contributed by atoms with Gasteiger partial charge in [-0.1, -0.05) is 0 Å². The van der Waals surface area contributed by atoms with Crippen LogP contribution in [0.4, 0.5) is 0 Å². The highest BCUT2D eigenvalue weighted by Gasteiger charge is 2.43. The number of hydrogen-bond acceptors (Lipinski definition) is 4. The van der Waals surface area contributed by atoms with Gasteiger partial charge < -0.3 is 21.7 Å². The van der Waals surface area contributed by atoms with Crippen LogP contribution in [0.5, 0.6) is 0 Å². The maximum absolute atomic E-state index is 12.6. The number of nitrogens with two attached hydrogens (primary N) is 2. The van der Waals surface area contributed by atoms with Crippen LogP contribution in [0.25, 0.3) is 0 Å². The molecule has 0 spiro atoms. The van der Waals surface area contributed by atoms with E-state index in [1.807, 2.05) is 0 Å². The molecule has 0 radical (unpaired) electrons. The molecule has 3 amide bonds. The van der Waals surface area contributed by atoms with E-state index in [0.717, 1.165) is 19.3 Å². The zero-order valence-electron chi connectivity index (χ0n) is 11.7. The molecule has 5 N–H and O–H groups in total. The number of rotatable bonds is 3. The molecule has 0 aromatic carbocycles. The highest BCUT2D eigenvalue weighted by atomic mass is 16.2. The van der Waals surface area contributed by atoms with E-state index in [9.17, 15) is 14.4 Å². The van der Waals surface area contributed by atoms with Crippen molar-refractivity contribution in [2.24, 2.45) is 11.5 Å². The van der Waals surface area contributed by atoms with Gasteiger partial charge in [0.1, 0.15) is 12.1 Å². The second-order valence-electron chi connectivity index (χ2n) is 5.68. The predicted octanol–water partition coefficient (Wildman–Crippen LogP) is -1.15. The molecule has 0 saturated carbocycles. The lowest BCUT2D eigenvalue weighted by Gasteiger charge is -2.29. The molecule has 4 atom stereocenters. The number of nitrogens with one attached hydrogen (secondary N) is 1. The van der Waals surface area contributed by atoms with Gasteiger partial charge in [0.15, 0.2) is 0 Å². The molecule has 7 heteroatoms. The van der Waals surface area contributed by atoms with Gasteiger partial charge in [0.2, 0.25) is 17.7 Å². The summed E-state index contributed by atoms with van der Waals surface area (Å²) in [4.78, 5) is 37.3. The molecule has 112 valence electrons. The van der Waals surface area contributed by atoms with Gasteiger partial charge in [-0.25, -0.2) is 0 Å². The zero-order chi connectivity index (χ0) is 14.9. The second kappa shape index (κ2) is 5.78. The van der Waals surface area contributed by atoms with E-state index in [1.54, 1.807) is 11.8 Å². The number of nitrogens with zero attached hydrogens (tertiary/aromatic N) is 1. The minimum atomic E-state index is -0.660. The van der Waals surface area contributed by atoms with Crippen LogP contribution < -0.4 is 16.8 Å². The molecule has 2 heterocycles. The monoisotopic (exact) mass is 282 g/mol. The smallest absolute Gasteiger partial charge is 0.246 e. The van der Waals surface area contributed by atoms with Gasteiger partial charge in [0.05, 0.1) is 6.04 Å². The third-order valence-electron chi connectivity index (χ3n) is 4.14. The molecule has 2 saturated heterocycles. The first-order valence-electron chi connectivity index (χ1n) is 7.09. The van der Waals surface area contributed by atoms with Crippen LogP contribution in [0.1, 0.15) is 39.0 Å². The lowest BCUT2D eigenvalue weighted by atomic mass is 10.1. The summed E-state index contributed by atoms with van der Waals surface area (Å²) in [5, 5.41) is 2.67. The summed E-state index contributed by atoms with van der Waals surface area (Å²) in [6, 6.07) is -1.73. The van der Waals surface area contributed by atoms with Gasteiger partial charge in [-0.3, -0.25) is 14.4 Å². The minimum absolute atomic E-state index is 0.0669. The van der Waals surface area contributed by atoms with Gasteiger partial charge in [0.25, 0.3) is 0 Å². The molecule has 20 heavy (non-hydrogen) atoms. The Bertz CT molecular complexity index is 424. The first-order valence-corrected chi connectivity index (χ1v) is 7.09. The molecular weight excluding hydrogens is 260 g/mol. The Morgan fingerprint density at radius 1 is 1.30 bits per heavy atom. The quantitative estimate of drug-likeness (QED) is 0.605. The Labute approximate surface area is 118 Å². The summed E-state index contributed by atoms with van der Waals surface area (Å²) in [5.41, 5.74) is 10.9. The average molecular weight is 282 g/mol. The molecule has 0 bridgehead atoms. The summed E-state index contributed by atoms with van der Waals surface area (Å²) < 4.78 is 0. The normalized spacial score (nSPS) is 31.4. The number of hydrogen-bond donors (Lipinski definition) is 3. The molecule has 2 rings (SSSR count). The van der Waals surface area contributed by atoms with Crippen LogP contribution in [0, 0.1) is 0 Å². The van der Waals surface area contributed by atoms with Gasteiger partial charge in [-0.15, -0.1) is 0 Å². The van der Waals surface area contributed by atoms with E-state index in [0.29, 0.717) is 12.8 Å². The Hall–Kier alpha value is -1.63. The van der Waals surface area contributed by atoms with E-state index in [4.69, 9.17) is 11.5 Å². The van der Waals surface area contributed by atoms with E-state index >= 15 is 0 Å². The van der Waals surface area contributed by atoms with Gasteiger partial charge in [-0.05, 0) is 39.0 Å². The van der Waals surface area contributed by atoms with E-state index in [2.05, 4.69) is 5.32 Å². The fourth-order valence-electron chi connectivity index (χ4n) is 3.08. The van der Waals surface area contributed by atoms with Crippen LogP contribution >= 0.6 is 0 Å². The molecule has 0 aromatic heterocycles. The number of carbonyl (C=O) groups excluding carboxylic acids is 3. The predicted molar refractivity (Wildman–Crippen MR) is 72.3 cm³/mol. The third kappa shape index (κ3) is 2.77. The summed E-state index contributed by atoms with van der Waals surface area (Å²) in [6.45, 7) is 1.57. The maximum atomic E-state index is 12.6. The molecule has 0 aromatic rings. The van der Waals surface area contributed by atoms with Crippen molar-refractivity contribution in [3.63, 3.8) is 0 Å². The van der Waals surface area contributed by atoms with Gasteiger partial charge in [0, 0.05) is 6.04 Å². The van der Waals surface area contributed by atoms with Crippen molar-refractivity contribution in [1.82, 2.24) is 10.2 Å². The van der Waals surface area contributed by atoms with Crippen molar-refractivity contribution in [1.29, 1.82) is 0 Å². The van der Waals surface area contributed by atoms with Crippen LogP contribution in [0.3, 0.4) is 0 Å². The van der Waals surface area contributed by atoms with E-state index < -0.39 is 24.0 Å². The van der Waals surface area contributed by atoms with Crippen LogP contribution in [0.2, 0.25) is 0 Å². The maximum Gasteiger partial charge on any atom is 0.246 e. The summed E-state index contributed by atoms with van der Waals surface area (Å²) >= 11 is 0. The second-order valence-corrected chi connectivity index (χ2v) is 5.68. The van der Waals surface area contributed by atoms with Crippen molar-refractivity contribution in [2.75, 3.05) is 0 Å². The summed E-state index contributed by atoms with van der Waals surface area (Å²) in [5.74, 6) is -1.03. The van der Waals surface area contributed by atoms with Crippen molar-refractivity contribution < 1.29 is 14.4 Å². The van der Waals surface area contributed by atoms with Crippen molar-refractivity contribution >= 4 is 17.7 Å². The van der Waals surface area contributed by atoms with Crippen LogP contribution in [0.15, 0.2) is 0 Å². The topological polar surface area (TPSA) is 119 Å². The Kier molecular flexibility index (Phi) is 4.27. The summed E-state index contributed by atoms with van der Waals surface area (Å²) in [7, 11) is 0. The van der Waals surface area contributed by atoms with Crippen LogP contribution in [-0.4, -0.2) is 46.8 Å². The average Bonchev–Trinajstić information content (AvgIpc) is 2.74. The van der Waals surface area contributed by atoms with E-state index in [1.165, 1.54) is 0 Å². The SMILES string of the molecule is CC(N)C(=O)N[C@H]1CCC[C@H]2CCC(C(N)=O)N2C1=O. The molecule has 2 fully saturated rings. The lowest BCUT2D eigenvalue weighted by Crippen LogP contribution is -2.55. The molecule has 0 aliphatic carbocycles. The Morgan fingerprint density at radius 3 is 2.60 bits per heavy atom. The minimum Gasteiger partial charge on any atom is -0.368 e. The summed E-state index contributed by atoms with van der Waals surface area (Å²) in [6.07, 6.45) is 3.67. The highest BCUT2D eigenvalue weighted by molar-refractivity contribution is 5.93. The van der Waals surface area contributed by atoms with Crippen molar-refractivity contribution in [3.05, 3.63) is 0 Å². The zero-order valence-corrected chi connectivity index (χ0v) is 11.7. The van der Waals surface area contributed by atoms with E-state index in [-0.39, 0.29) is 17.9 Å². The number of carbonyl (C=O) groups is 3. The highest BCUT2D eigenvalue weighted by Crippen LogP contribution is 2.31. The first kappa shape index (κ1) is 14.8. The number of primary amides is 1. The fourth-order valence-corrected chi connectivity index (χ4v) is 3.08. The molecule has 2 aliphatic rings. The molecule has 2 aliphatic heterocycles. The third-order valence-corrected chi connectivity index (χ3v) is 4.14. The van der Waals surface area contributed by atoms with Crippen LogP contribution in [-0.2, 0) is 14.4 Å². The Balaban J connectivity index is 2.15. The van der Waals surface area contributed by atoms with Gasteiger partial charge >= 0.3 is 0 Å². The molecule has 7 nitrogen and oxygen atoms in total. The molecule has 2 unspecified atom stereocenters. The first-order chi connectivity index (χ1) is 9.41. The lowest BCUT2D eigenvalue weighted by molar-refractivity contribution is -0.142. The number of amides is 3. The fraction of sp³-hybridized carbons (Fsp3) is 0.769. The van der Waals surface area contributed by atoms with Crippen molar-refractivity contribution in [3.8, 4) is 0 Å².